The summed E-state index contributed by atoms with van der Waals surface area (Å²) in [7, 11) is 1.24. The number of benzene rings is 1. The molecule has 1 aliphatic rings. The van der Waals surface area contributed by atoms with Crippen molar-refractivity contribution >= 4 is 0 Å². The van der Waals surface area contributed by atoms with Crippen molar-refractivity contribution < 1.29 is 13.5 Å². The molecule has 0 bridgehead atoms. The van der Waals surface area contributed by atoms with E-state index in [1.165, 1.54) is 19.2 Å². The molecule has 1 aromatic rings. The summed E-state index contributed by atoms with van der Waals surface area (Å²) < 4.78 is 31.7. The monoisotopic (exact) mass is 227 g/mol. The summed E-state index contributed by atoms with van der Waals surface area (Å²) in [5, 5.41) is 0. The maximum absolute atomic E-state index is 13.5. The second kappa shape index (κ2) is 4.01. The maximum Gasteiger partial charge on any atom is 0.190 e. The fraction of sp³-hybridized carbons (Fsp3) is 0.500. The van der Waals surface area contributed by atoms with Crippen molar-refractivity contribution in [3.8, 4) is 5.75 Å². The van der Waals surface area contributed by atoms with E-state index in [0.29, 0.717) is 5.56 Å². The van der Waals surface area contributed by atoms with Crippen molar-refractivity contribution in [2.24, 2.45) is 5.73 Å². The first-order valence-electron chi connectivity index (χ1n) is 5.39. The molecule has 1 fully saturated rings. The SMILES string of the molecule is COc1c(F)cc(C2(N)CCCC2)cc1F. The van der Waals surface area contributed by atoms with Gasteiger partial charge >= 0.3 is 0 Å². The van der Waals surface area contributed by atoms with Gasteiger partial charge in [0.2, 0.25) is 0 Å². The Balaban J connectivity index is 2.43. The Bertz CT molecular complexity index is 377. The van der Waals surface area contributed by atoms with E-state index in [1.807, 2.05) is 0 Å². The Hall–Kier alpha value is -1.16. The first-order valence-corrected chi connectivity index (χ1v) is 5.39. The molecule has 0 heterocycles. The predicted octanol–water partition coefficient (Wildman–Crippen LogP) is 2.70. The van der Waals surface area contributed by atoms with Crippen molar-refractivity contribution in [1.82, 2.24) is 0 Å². The number of ether oxygens (including phenoxy) is 1. The highest BCUT2D eigenvalue weighted by Crippen LogP contribution is 2.38. The van der Waals surface area contributed by atoms with Crippen LogP contribution in [0.4, 0.5) is 8.78 Å². The molecular formula is C12H15F2NO. The summed E-state index contributed by atoms with van der Waals surface area (Å²) in [6, 6.07) is 2.57. The smallest absolute Gasteiger partial charge is 0.190 e. The molecule has 2 N–H and O–H groups in total. The van der Waals surface area contributed by atoms with Gasteiger partial charge in [-0.15, -0.1) is 0 Å². The number of halogens is 2. The van der Waals surface area contributed by atoms with Crippen molar-refractivity contribution in [3.05, 3.63) is 29.3 Å². The van der Waals surface area contributed by atoms with E-state index in [4.69, 9.17) is 5.73 Å². The quantitative estimate of drug-likeness (QED) is 0.843. The van der Waals surface area contributed by atoms with Crippen LogP contribution in [0.2, 0.25) is 0 Å². The van der Waals surface area contributed by atoms with Gasteiger partial charge in [0.05, 0.1) is 7.11 Å². The molecule has 2 nitrogen and oxygen atoms in total. The molecule has 88 valence electrons. The average molecular weight is 227 g/mol. The molecule has 0 radical (unpaired) electrons. The van der Waals surface area contributed by atoms with Crippen LogP contribution in [0.5, 0.6) is 5.75 Å². The maximum atomic E-state index is 13.5. The number of methoxy groups -OCH3 is 1. The molecule has 0 aliphatic heterocycles. The third-order valence-corrected chi connectivity index (χ3v) is 3.27. The number of hydrogen-bond acceptors (Lipinski definition) is 2. The zero-order chi connectivity index (χ0) is 11.8. The van der Waals surface area contributed by atoms with Gasteiger partial charge < -0.3 is 10.5 Å². The highest BCUT2D eigenvalue weighted by atomic mass is 19.1. The summed E-state index contributed by atoms with van der Waals surface area (Å²) in [5.74, 6) is -1.71. The van der Waals surface area contributed by atoms with Gasteiger partial charge in [-0.1, -0.05) is 12.8 Å². The van der Waals surface area contributed by atoms with Crippen LogP contribution >= 0.6 is 0 Å². The van der Waals surface area contributed by atoms with Gasteiger partial charge in [0.1, 0.15) is 0 Å². The van der Waals surface area contributed by atoms with Crippen LogP contribution in [0.25, 0.3) is 0 Å². The summed E-state index contributed by atoms with van der Waals surface area (Å²) in [6.45, 7) is 0. The molecule has 0 spiro atoms. The molecule has 0 unspecified atom stereocenters. The highest BCUT2D eigenvalue weighted by molar-refractivity contribution is 5.35. The molecule has 0 atom stereocenters. The van der Waals surface area contributed by atoms with E-state index in [9.17, 15) is 8.78 Å². The summed E-state index contributed by atoms with van der Waals surface area (Å²) in [6.07, 6.45) is 3.56. The lowest BCUT2D eigenvalue weighted by Gasteiger charge is -2.24. The zero-order valence-corrected chi connectivity index (χ0v) is 9.22. The van der Waals surface area contributed by atoms with Crippen molar-refractivity contribution in [2.75, 3.05) is 7.11 Å². The van der Waals surface area contributed by atoms with Gasteiger partial charge in [0.25, 0.3) is 0 Å². The Labute approximate surface area is 93.4 Å². The number of hydrogen-bond donors (Lipinski definition) is 1. The second-order valence-corrected chi connectivity index (χ2v) is 4.34. The van der Waals surface area contributed by atoms with Crippen LogP contribution in [0.1, 0.15) is 31.2 Å². The van der Waals surface area contributed by atoms with Gasteiger partial charge in [0.15, 0.2) is 17.4 Å². The highest BCUT2D eigenvalue weighted by Gasteiger charge is 2.32. The molecule has 0 amide bonds. The van der Waals surface area contributed by atoms with Crippen LogP contribution in [-0.4, -0.2) is 7.11 Å². The molecule has 0 saturated heterocycles. The third-order valence-electron chi connectivity index (χ3n) is 3.27. The van der Waals surface area contributed by atoms with Crippen LogP contribution in [0.15, 0.2) is 12.1 Å². The van der Waals surface area contributed by atoms with Crippen LogP contribution in [-0.2, 0) is 5.54 Å². The van der Waals surface area contributed by atoms with E-state index >= 15 is 0 Å². The molecule has 4 heteroatoms. The number of nitrogens with two attached hydrogens (primary N) is 1. The largest absolute Gasteiger partial charge is 0.491 e. The molecule has 1 aromatic carbocycles. The minimum atomic E-state index is -0.686. The van der Waals surface area contributed by atoms with Gasteiger partial charge in [-0.2, -0.15) is 0 Å². The average Bonchev–Trinajstić information content (AvgIpc) is 2.66. The Morgan fingerprint density at radius 1 is 1.19 bits per heavy atom. The second-order valence-electron chi connectivity index (χ2n) is 4.34. The van der Waals surface area contributed by atoms with Gasteiger partial charge in [-0.3, -0.25) is 0 Å². The summed E-state index contributed by atoms with van der Waals surface area (Å²) in [5.41, 5.74) is 6.09. The lowest BCUT2D eigenvalue weighted by molar-refractivity contribution is 0.355. The van der Waals surface area contributed by atoms with E-state index in [1.54, 1.807) is 0 Å². The molecule has 2 rings (SSSR count). The summed E-state index contributed by atoms with van der Waals surface area (Å²) >= 11 is 0. The fourth-order valence-electron chi connectivity index (χ4n) is 2.34. The first kappa shape index (κ1) is 11.3. The molecule has 1 saturated carbocycles. The normalized spacial score (nSPS) is 18.8. The lowest BCUT2D eigenvalue weighted by Crippen LogP contribution is -2.33. The van der Waals surface area contributed by atoms with E-state index in [0.717, 1.165) is 25.7 Å². The minimum absolute atomic E-state index is 0.342. The fourth-order valence-corrected chi connectivity index (χ4v) is 2.34. The van der Waals surface area contributed by atoms with Gasteiger partial charge in [-0.25, -0.2) is 8.78 Å². The Morgan fingerprint density at radius 3 is 2.12 bits per heavy atom. The minimum Gasteiger partial charge on any atom is -0.491 e. The van der Waals surface area contributed by atoms with E-state index in [-0.39, 0.29) is 5.75 Å². The Morgan fingerprint density at radius 2 is 1.69 bits per heavy atom. The van der Waals surface area contributed by atoms with Crippen LogP contribution in [0, 0.1) is 11.6 Å². The molecule has 1 aliphatic carbocycles. The summed E-state index contributed by atoms with van der Waals surface area (Å²) in [4.78, 5) is 0. The van der Waals surface area contributed by atoms with Crippen LogP contribution in [0.3, 0.4) is 0 Å². The molecular weight excluding hydrogens is 212 g/mol. The Kier molecular flexibility index (Phi) is 2.84. The number of rotatable bonds is 2. The van der Waals surface area contributed by atoms with Crippen LogP contribution < -0.4 is 10.5 Å². The third kappa shape index (κ3) is 1.78. The topological polar surface area (TPSA) is 35.2 Å². The molecule has 16 heavy (non-hydrogen) atoms. The van der Waals surface area contributed by atoms with Crippen molar-refractivity contribution in [2.45, 2.75) is 31.2 Å². The van der Waals surface area contributed by atoms with E-state index in [2.05, 4.69) is 4.74 Å². The van der Waals surface area contributed by atoms with E-state index < -0.39 is 17.2 Å². The first-order chi connectivity index (χ1) is 7.57. The van der Waals surface area contributed by atoms with Crippen molar-refractivity contribution in [3.63, 3.8) is 0 Å². The zero-order valence-electron chi connectivity index (χ0n) is 9.22. The predicted molar refractivity (Wildman–Crippen MR) is 57.2 cm³/mol. The van der Waals surface area contributed by atoms with Gasteiger partial charge in [-0.05, 0) is 30.5 Å². The standard InChI is InChI=1S/C12H15F2NO/c1-16-11-9(13)6-8(7-10(11)14)12(15)4-2-3-5-12/h6-7H,2-5,15H2,1H3. The van der Waals surface area contributed by atoms with Crippen molar-refractivity contribution in [1.29, 1.82) is 0 Å². The van der Waals surface area contributed by atoms with Gasteiger partial charge in [0, 0.05) is 5.54 Å². The lowest BCUT2D eigenvalue weighted by atomic mass is 9.89. The molecule has 0 aromatic heterocycles.